The molecule has 0 radical (unpaired) electrons. The number of hydrogen-bond acceptors (Lipinski definition) is 4. The van der Waals surface area contributed by atoms with Crippen molar-refractivity contribution in [3.8, 4) is 0 Å². The third-order valence-corrected chi connectivity index (χ3v) is 4.87. The van der Waals surface area contributed by atoms with Crippen LogP contribution in [0.15, 0.2) is 36.5 Å². The molecule has 2 aromatic rings. The Hall–Kier alpha value is -2.51. The molecule has 2 heterocycles. The first-order valence-electron chi connectivity index (χ1n) is 8.66. The first-order chi connectivity index (χ1) is 12.9. The van der Waals surface area contributed by atoms with Crippen molar-refractivity contribution >= 4 is 29.1 Å². The number of rotatable bonds is 5. The number of amides is 2. The van der Waals surface area contributed by atoms with E-state index in [0.717, 1.165) is 24.9 Å². The Labute approximate surface area is 161 Å². The van der Waals surface area contributed by atoms with E-state index in [1.165, 1.54) is 12.3 Å². The van der Waals surface area contributed by atoms with Crippen molar-refractivity contribution in [1.82, 2.24) is 9.88 Å². The summed E-state index contributed by atoms with van der Waals surface area (Å²) in [7, 11) is 0. The Bertz CT molecular complexity index is 844. The highest BCUT2D eigenvalue weighted by molar-refractivity contribution is 6.31. The van der Waals surface area contributed by atoms with Gasteiger partial charge in [-0.15, -0.1) is 0 Å². The van der Waals surface area contributed by atoms with Crippen molar-refractivity contribution in [3.05, 3.63) is 58.6 Å². The Morgan fingerprint density at radius 1 is 1.30 bits per heavy atom. The molecule has 2 amide bonds. The third-order valence-electron chi connectivity index (χ3n) is 4.58. The molecule has 1 aromatic heterocycles. The summed E-state index contributed by atoms with van der Waals surface area (Å²) < 4.78 is 13.9. The second-order valence-electron chi connectivity index (χ2n) is 6.58. The predicted molar refractivity (Wildman–Crippen MR) is 101 cm³/mol. The van der Waals surface area contributed by atoms with Crippen LogP contribution in [0, 0.1) is 11.7 Å². The van der Waals surface area contributed by atoms with Crippen molar-refractivity contribution in [1.29, 1.82) is 0 Å². The van der Waals surface area contributed by atoms with Gasteiger partial charge in [0.1, 0.15) is 0 Å². The fourth-order valence-electron chi connectivity index (χ4n) is 3.15. The van der Waals surface area contributed by atoms with Crippen LogP contribution in [-0.4, -0.2) is 34.8 Å². The van der Waals surface area contributed by atoms with Crippen molar-refractivity contribution in [2.75, 3.05) is 18.4 Å². The quantitative estimate of drug-likeness (QED) is 0.821. The van der Waals surface area contributed by atoms with Gasteiger partial charge in [-0.05, 0) is 43.1 Å². The number of benzene rings is 1. The van der Waals surface area contributed by atoms with E-state index < -0.39 is 11.7 Å². The number of nitrogens with one attached hydrogen (secondary N) is 1. The molecule has 1 unspecified atom stereocenters. The molecule has 27 heavy (non-hydrogen) atoms. The fraction of sp³-hybridized carbons (Fsp3) is 0.316. The smallest absolute Gasteiger partial charge is 0.277 e. The van der Waals surface area contributed by atoms with Gasteiger partial charge in [0, 0.05) is 25.0 Å². The minimum Gasteiger partial charge on any atom is -0.369 e. The molecule has 3 rings (SSSR count). The van der Waals surface area contributed by atoms with Crippen LogP contribution in [0.1, 0.15) is 28.9 Å². The summed E-state index contributed by atoms with van der Waals surface area (Å²) in [6.45, 7) is 2.28. The highest BCUT2D eigenvalue weighted by Crippen LogP contribution is 2.20. The lowest BCUT2D eigenvalue weighted by molar-refractivity contribution is -0.123. The summed E-state index contributed by atoms with van der Waals surface area (Å²) in [6, 6.07) is 8.53. The maximum Gasteiger partial charge on any atom is 0.277 e. The van der Waals surface area contributed by atoms with Crippen LogP contribution in [0.4, 0.5) is 10.1 Å². The molecular formula is C19H20ClFN4O2. The number of primary amides is 1. The number of pyridine rings is 1. The zero-order valence-electron chi connectivity index (χ0n) is 14.6. The van der Waals surface area contributed by atoms with Crippen molar-refractivity contribution < 1.29 is 14.0 Å². The monoisotopic (exact) mass is 390 g/mol. The number of piperidine rings is 1. The minimum atomic E-state index is -0.845. The summed E-state index contributed by atoms with van der Waals surface area (Å²) >= 11 is 5.68. The van der Waals surface area contributed by atoms with Crippen LogP contribution in [-0.2, 0) is 11.3 Å². The van der Waals surface area contributed by atoms with Gasteiger partial charge in [0.25, 0.3) is 5.91 Å². The van der Waals surface area contributed by atoms with Crippen LogP contribution in [0.25, 0.3) is 0 Å². The molecule has 0 bridgehead atoms. The van der Waals surface area contributed by atoms with Crippen molar-refractivity contribution in [2.45, 2.75) is 19.4 Å². The molecule has 0 spiro atoms. The van der Waals surface area contributed by atoms with Gasteiger partial charge in [-0.2, -0.15) is 0 Å². The van der Waals surface area contributed by atoms with E-state index in [9.17, 15) is 14.0 Å². The van der Waals surface area contributed by atoms with Gasteiger partial charge < -0.3 is 11.1 Å². The van der Waals surface area contributed by atoms with Gasteiger partial charge in [0.2, 0.25) is 5.91 Å². The zero-order chi connectivity index (χ0) is 19.4. The summed E-state index contributed by atoms with van der Waals surface area (Å²) in [5.41, 5.74) is 6.63. The summed E-state index contributed by atoms with van der Waals surface area (Å²) in [5.74, 6) is -1.86. The molecular weight excluding hydrogens is 371 g/mol. The number of hydrogen-bond donors (Lipinski definition) is 2. The van der Waals surface area contributed by atoms with E-state index in [4.69, 9.17) is 17.3 Å². The van der Waals surface area contributed by atoms with E-state index in [-0.39, 0.29) is 22.5 Å². The van der Waals surface area contributed by atoms with E-state index in [1.807, 2.05) is 12.1 Å². The van der Waals surface area contributed by atoms with Crippen LogP contribution in [0.3, 0.4) is 0 Å². The normalized spacial score (nSPS) is 17.5. The number of anilines is 1. The van der Waals surface area contributed by atoms with Crippen LogP contribution in [0.5, 0.6) is 0 Å². The zero-order valence-corrected chi connectivity index (χ0v) is 15.4. The summed E-state index contributed by atoms with van der Waals surface area (Å²) in [6.07, 6.45) is 3.06. The molecule has 1 aliphatic rings. The number of nitrogens with zero attached hydrogens (tertiary/aromatic N) is 2. The topological polar surface area (TPSA) is 88.3 Å². The van der Waals surface area contributed by atoms with Crippen LogP contribution in [0.2, 0.25) is 5.02 Å². The van der Waals surface area contributed by atoms with Crippen molar-refractivity contribution in [2.24, 2.45) is 11.7 Å². The number of halogens is 2. The van der Waals surface area contributed by atoms with Gasteiger partial charge in [-0.1, -0.05) is 23.7 Å². The maximum atomic E-state index is 13.9. The Kier molecular flexibility index (Phi) is 6.03. The molecule has 0 aliphatic carbocycles. The van der Waals surface area contributed by atoms with E-state index in [0.29, 0.717) is 18.8 Å². The second kappa shape index (κ2) is 8.45. The molecule has 0 saturated carbocycles. The number of carbonyl (C=O) groups excluding carboxylic acids is 2. The van der Waals surface area contributed by atoms with Crippen LogP contribution >= 0.6 is 11.6 Å². The molecule has 1 aliphatic heterocycles. The van der Waals surface area contributed by atoms with Gasteiger partial charge in [0.05, 0.1) is 10.9 Å². The summed E-state index contributed by atoms with van der Waals surface area (Å²) in [4.78, 5) is 29.5. The van der Waals surface area contributed by atoms with Gasteiger partial charge in [-0.25, -0.2) is 9.37 Å². The highest BCUT2D eigenvalue weighted by atomic mass is 35.5. The average molecular weight is 391 g/mol. The molecule has 1 saturated heterocycles. The Morgan fingerprint density at radius 2 is 2.04 bits per heavy atom. The van der Waals surface area contributed by atoms with Gasteiger partial charge >= 0.3 is 0 Å². The fourth-order valence-corrected chi connectivity index (χ4v) is 3.30. The van der Waals surface area contributed by atoms with Gasteiger partial charge in [-0.3, -0.25) is 14.5 Å². The lowest BCUT2D eigenvalue weighted by atomic mass is 9.97. The van der Waals surface area contributed by atoms with E-state index in [1.54, 1.807) is 12.1 Å². The largest absolute Gasteiger partial charge is 0.369 e. The highest BCUT2D eigenvalue weighted by Gasteiger charge is 2.23. The Balaban J connectivity index is 1.61. The van der Waals surface area contributed by atoms with Crippen LogP contribution < -0.4 is 11.1 Å². The number of aromatic nitrogens is 1. The molecule has 1 fully saturated rings. The lowest BCUT2D eigenvalue weighted by Crippen LogP contribution is -2.40. The molecule has 1 aromatic carbocycles. The SMILES string of the molecule is NC(=O)C1CCCN(Cc2ccc(NC(=O)c3nccc(Cl)c3F)cc2)C1. The molecule has 3 N–H and O–H groups in total. The molecule has 142 valence electrons. The number of carbonyl (C=O) groups is 2. The Morgan fingerprint density at radius 3 is 2.74 bits per heavy atom. The number of nitrogens with two attached hydrogens (primary N) is 1. The summed E-state index contributed by atoms with van der Waals surface area (Å²) in [5, 5.41) is 2.45. The third kappa shape index (κ3) is 4.81. The van der Waals surface area contributed by atoms with E-state index >= 15 is 0 Å². The van der Waals surface area contributed by atoms with Gasteiger partial charge in [0.15, 0.2) is 11.5 Å². The molecule has 1 atom stereocenters. The number of likely N-dealkylation sites (tertiary alicyclic amines) is 1. The first kappa shape index (κ1) is 19.3. The van der Waals surface area contributed by atoms with E-state index in [2.05, 4.69) is 15.2 Å². The van der Waals surface area contributed by atoms with Crippen molar-refractivity contribution in [3.63, 3.8) is 0 Å². The molecule has 6 nitrogen and oxygen atoms in total. The predicted octanol–water partition coefficient (Wildman–Crippen LogP) is 2.82. The first-order valence-corrected chi connectivity index (χ1v) is 9.04. The standard InChI is InChI=1S/C19H20ClFN4O2/c20-15-7-8-23-17(16(15)21)19(27)24-14-5-3-12(4-6-14)10-25-9-1-2-13(11-25)18(22)26/h3-8,13H,1-2,9-11H2,(H2,22,26)(H,24,27). The lowest BCUT2D eigenvalue weighted by Gasteiger charge is -2.31. The second-order valence-corrected chi connectivity index (χ2v) is 6.99. The maximum absolute atomic E-state index is 13.9. The molecule has 8 heteroatoms. The minimum absolute atomic E-state index is 0.0996. The average Bonchev–Trinajstić information content (AvgIpc) is 2.65.